The van der Waals surface area contributed by atoms with Gasteiger partial charge in [0.15, 0.2) is 0 Å². The third kappa shape index (κ3) is 5.43. The van der Waals surface area contributed by atoms with Crippen LogP contribution < -0.4 is 16.0 Å². The minimum atomic E-state index is 0.312. The van der Waals surface area contributed by atoms with Crippen molar-refractivity contribution >= 4 is 23.4 Å². The van der Waals surface area contributed by atoms with Gasteiger partial charge in [0.25, 0.3) is 0 Å². The van der Waals surface area contributed by atoms with Crippen LogP contribution in [0.25, 0.3) is 0 Å². The molecule has 37 heavy (non-hydrogen) atoms. The maximum absolute atomic E-state index is 9.69. The molecule has 1 saturated heterocycles. The summed E-state index contributed by atoms with van der Waals surface area (Å²) in [6.45, 7) is 6.30. The molecule has 7 nitrogen and oxygen atoms in total. The largest absolute Gasteiger partial charge is 0.368 e. The quantitative estimate of drug-likeness (QED) is 0.411. The Morgan fingerprint density at radius 1 is 1.08 bits per heavy atom. The smallest absolute Gasteiger partial charge is 0.224 e. The molecule has 0 radical (unpaired) electrons. The van der Waals surface area contributed by atoms with Gasteiger partial charge in [-0.05, 0) is 92.8 Å². The van der Waals surface area contributed by atoms with Crippen LogP contribution in [0.5, 0.6) is 0 Å². The van der Waals surface area contributed by atoms with Gasteiger partial charge in [-0.15, -0.1) is 0 Å². The van der Waals surface area contributed by atoms with Gasteiger partial charge in [-0.3, -0.25) is 0 Å². The first-order chi connectivity index (χ1) is 18.1. The van der Waals surface area contributed by atoms with Crippen LogP contribution >= 0.6 is 11.6 Å². The van der Waals surface area contributed by atoms with Crippen LogP contribution in [0.2, 0.25) is 5.02 Å². The fourth-order valence-corrected chi connectivity index (χ4v) is 8.11. The first-order valence-corrected chi connectivity index (χ1v) is 14.4. The van der Waals surface area contributed by atoms with Crippen LogP contribution in [-0.2, 0) is 6.54 Å². The van der Waals surface area contributed by atoms with Crippen molar-refractivity contribution in [2.45, 2.75) is 57.5 Å². The van der Waals surface area contributed by atoms with Crippen LogP contribution in [0.15, 0.2) is 30.5 Å². The van der Waals surface area contributed by atoms with Crippen molar-refractivity contribution in [3.8, 4) is 6.07 Å². The van der Waals surface area contributed by atoms with Crippen molar-refractivity contribution < 1.29 is 0 Å². The second-order valence-electron chi connectivity index (χ2n) is 11.9. The molecule has 4 saturated carbocycles. The van der Waals surface area contributed by atoms with E-state index >= 15 is 0 Å². The summed E-state index contributed by atoms with van der Waals surface area (Å²) in [5.41, 5.74) is 1.80. The van der Waals surface area contributed by atoms with E-state index in [0.29, 0.717) is 40.4 Å². The van der Waals surface area contributed by atoms with E-state index in [2.05, 4.69) is 36.9 Å². The molecule has 5 atom stereocenters. The van der Waals surface area contributed by atoms with Gasteiger partial charge in [-0.25, -0.2) is 4.98 Å². The average molecular weight is 520 g/mol. The number of halogens is 1. The van der Waals surface area contributed by atoms with Crippen LogP contribution in [0.1, 0.15) is 56.1 Å². The standard InChI is InChI=1S/C29H38ClN7/c30-25-6-2-1-5-21(25)17-33-28-34-18-24(16-31)27(36-28)35-19-29-13-20-11-22(14-29)26(23(12-20)15-29)32-7-10-37-8-3-4-9-37/h1-2,5-6,18,20,22-23,26,32H,3-4,7-15,17,19H2,(H2,33,34,35,36)/t20?,22-,23+,26?,29?. The Labute approximate surface area is 225 Å². The summed E-state index contributed by atoms with van der Waals surface area (Å²) in [5, 5.41) is 21.3. The van der Waals surface area contributed by atoms with Crippen LogP contribution in [0.3, 0.4) is 0 Å². The van der Waals surface area contributed by atoms with E-state index < -0.39 is 0 Å². The normalized spacial score (nSPS) is 30.4. The lowest BCUT2D eigenvalue weighted by molar-refractivity contribution is -0.0694. The molecule has 8 heteroatoms. The van der Waals surface area contributed by atoms with Gasteiger partial charge < -0.3 is 20.9 Å². The van der Waals surface area contributed by atoms with E-state index in [1.165, 1.54) is 64.6 Å². The molecule has 4 aliphatic carbocycles. The molecule has 2 heterocycles. The molecule has 4 bridgehead atoms. The number of hydrogen-bond donors (Lipinski definition) is 3. The summed E-state index contributed by atoms with van der Waals surface area (Å²) in [4.78, 5) is 11.7. The minimum Gasteiger partial charge on any atom is -0.368 e. The maximum Gasteiger partial charge on any atom is 0.224 e. The molecule has 3 unspecified atom stereocenters. The Morgan fingerprint density at radius 3 is 2.62 bits per heavy atom. The van der Waals surface area contributed by atoms with E-state index in [1.54, 1.807) is 6.20 Å². The Balaban J connectivity index is 1.08. The van der Waals surface area contributed by atoms with Gasteiger partial charge in [0, 0.05) is 37.2 Å². The molecule has 3 N–H and O–H groups in total. The second-order valence-corrected chi connectivity index (χ2v) is 12.3. The predicted octanol–water partition coefficient (Wildman–Crippen LogP) is 4.91. The number of nitriles is 1. The third-order valence-electron chi connectivity index (χ3n) is 9.34. The highest BCUT2D eigenvalue weighted by Crippen LogP contribution is 2.60. The Kier molecular flexibility index (Phi) is 7.25. The van der Waals surface area contributed by atoms with Crippen LogP contribution in [0, 0.1) is 34.5 Å². The number of hydrogen-bond acceptors (Lipinski definition) is 7. The number of nitrogens with zero attached hydrogens (tertiary/aromatic N) is 4. The zero-order valence-corrected chi connectivity index (χ0v) is 22.3. The summed E-state index contributed by atoms with van der Waals surface area (Å²) < 4.78 is 0. The van der Waals surface area contributed by atoms with Gasteiger partial charge in [-0.1, -0.05) is 29.8 Å². The number of benzene rings is 1. The van der Waals surface area contributed by atoms with Crippen molar-refractivity contribution in [3.63, 3.8) is 0 Å². The fraction of sp³-hybridized carbons (Fsp3) is 0.621. The van der Waals surface area contributed by atoms with Crippen LogP contribution in [-0.4, -0.2) is 53.6 Å². The lowest BCUT2D eigenvalue weighted by Gasteiger charge is -2.60. The first-order valence-electron chi connectivity index (χ1n) is 14.0. The highest BCUT2D eigenvalue weighted by molar-refractivity contribution is 6.31. The lowest BCUT2D eigenvalue weighted by atomic mass is 9.48. The molecule has 1 aromatic carbocycles. The van der Waals surface area contributed by atoms with Gasteiger partial charge in [-0.2, -0.15) is 10.2 Å². The van der Waals surface area contributed by atoms with Crippen molar-refractivity contribution in [2.75, 3.05) is 43.4 Å². The van der Waals surface area contributed by atoms with Gasteiger partial charge >= 0.3 is 0 Å². The maximum atomic E-state index is 9.69. The monoisotopic (exact) mass is 519 g/mol. The van der Waals surface area contributed by atoms with Crippen molar-refractivity contribution in [1.82, 2.24) is 20.2 Å². The third-order valence-corrected chi connectivity index (χ3v) is 9.71. The molecule has 5 fully saturated rings. The van der Waals surface area contributed by atoms with Crippen molar-refractivity contribution in [1.29, 1.82) is 5.26 Å². The Hall–Kier alpha value is -2.40. The topological polar surface area (TPSA) is 88.9 Å². The molecule has 196 valence electrons. The van der Waals surface area contributed by atoms with Gasteiger partial charge in [0.2, 0.25) is 5.95 Å². The molecule has 1 aromatic heterocycles. The van der Waals surface area contributed by atoms with E-state index in [0.717, 1.165) is 36.4 Å². The SMILES string of the molecule is N#Cc1cnc(NCc2ccccc2Cl)nc1NCC12CC3C[C@H](C1)C(NCCN1CCCC1)[C@@H](C3)C2. The molecule has 0 amide bonds. The highest BCUT2D eigenvalue weighted by atomic mass is 35.5. The number of likely N-dealkylation sites (tertiary alicyclic amines) is 1. The van der Waals surface area contributed by atoms with Gasteiger partial charge in [0.1, 0.15) is 17.5 Å². The molecule has 2 aromatic rings. The molecular weight excluding hydrogens is 482 g/mol. The lowest BCUT2D eigenvalue weighted by Crippen LogP contribution is -2.60. The summed E-state index contributed by atoms with van der Waals surface area (Å²) in [7, 11) is 0. The van der Waals surface area contributed by atoms with E-state index in [9.17, 15) is 5.26 Å². The average Bonchev–Trinajstić information content (AvgIpc) is 3.42. The summed E-state index contributed by atoms with van der Waals surface area (Å²) >= 11 is 6.29. The fourth-order valence-electron chi connectivity index (χ4n) is 7.91. The number of aromatic nitrogens is 2. The number of nitrogens with one attached hydrogen (secondary N) is 3. The molecule has 5 aliphatic rings. The van der Waals surface area contributed by atoms with E-state index in [1.807, 2.05) is 24.3 Å². The predicted molar refractivity (Wildman–Crippen MR) is 147 cm³/mol. The summed E-state index contributed by atoms with van der Waals surface area (Å²) in [6.07, 6.45) is 11.0. The molecule has 0 spiro atoms. The summed E-state index contributed by atoms with van der Waals surface area (Å²) in [5.74, 6) is 3.55. The minimum absolute atomic E-state index is 0.312. The van der Waals surface area contributed by atoms with Crippen LogP contribution in [0.4, 0.5) is 11.8 Å². The molecule has 1 aliphatic heterocycles. The highest BCUT2D eigenvalue weighted by Gasteiger charge is 2.55. The molecular formula is C29H38ClN7. The second kappa shape index (κ2) is 10.8. The zero-order chi connectivity index (χ0) is 25.2. The van der Waals surface area contributed by atoms with E-state index in [-0.39, 0.29) is 0 Å². The first kappa shape index (κ1) is 24.9. The van der Waals surface area contributed by atoms with Crippen molar-refractivity contribution in [3.05, 3.63) is 46.6 Å². The van der Waals surface area contributed by atoms with E-state index in [4.69, 9.17) is 11.6 Å². The number of anilines is 2. The Morgan fingerprint density at radius 2 is 1.86 bits per heavy atom. The zero-order valence-electron chi connectivity index (χ0n) is 21.6. The molecule has 7 rings (SSSR count). The Bertz CT molecular complexity index is 1130. The number of rotatable bonds is 10. The van der Waals surface area contributed by atoms with Crippen molar-refractivity contribution in [2.24, 2.45) is 23.2 Å². The summed E-state index contributed by atoms with van der Waals surface area (Å²) in [6, 6.07) is 10.7. The van der Waals surface area contributed by atoms with Gasteiger partial charge in [0.05, 0.1) is 6.20 Å².